The van der Waals surface area contributed by atoms with Crippen molar-refractivity contribution in [3.63, 3.8) is 0 Å². The maximum absolute atomic E-state index is 12.9. The van der Waals surface area contributed by atoms with Gasteiger partial charge in [-0.15, -0.1) is 11.3 Å². The number of hydrogen-bond acceptors (Lipinski definition) is 6. The van der Waals surface area contributed by atoms with Gasteiger partial charge in [-0.1, -0.05) is 0 Å². The Morgan fingerprint density at radius 3 is 3.00 bits per heavy atom. The van der Waals surface area contributed by atoms with Crippen molar-refractivity contribution in [1.82, 2.24) is 19.9 Å². The lowest BCUT2D eigenvalue weighted by Gasteiger charge is -2.29. The topological polar surface area (TPSA) is 99.3 Å². The summed E-state index contributed by atoms with van der Waals surface area (Å²) in [6, 6.07) is 0. The second-order valence-corrected chi connectivity index (χ2v) is 7.18. The van der Waals surface area contributed by atoms with Gasteiger partial charge in [0.15, 0.2) is 5.13 Å². The molecule has 130 valence electrons. The molecule has 1 saturated heterocycles. The van der Waals surface area contributed by atoms with Crippen molar-refractivity contribution in [2.75, 3.05) is 18.0 Å². The first-order valence-electron chi connectivity index (χ1n) is 8.10. The van der Waals surface area contributed by atoms with E-state index in [-0.39, 0.29) is 29.7 Å². The minimum atomic E-state index is -0.374. The molecule has 2 aromatic heterocycles. The molecule has 0 aromatic carbocycles. The molecule has 8 nitrogen and oxygen atoms in total. The molecule has 2 aromatic rings. The maximum atomic E-state index is 12.9. The number of thiazole rings is 1. The van der Waals surface area contributed by atoms with E-state index in [0.29, 0.717) is 48.3 Å². The summed E-state index contributed by atoms with van der Waals surface area (Å²) in [6.07, 6.45) is 2.33. The summed E-state index contributed by atoms with van der Waals surface area (Å²) in [5, 5.41) is 2.44. The molecule has 4 heterocycles. The number of aromatic amines is 1. The summed E-state index contributed by atoms with van der Waals surface area (Å²) in [5.41, 5.74) is 1.18. The molecule has 4 rings (SSSR count). The van der Waals surface area contributed by atoms with E-state index in [1.54, 1.807) is 22.9 Å². The van der Waals surface area contributed by atoms with Crippen molar-refractivity contribution in [1.29, 1.82) is 0 Å². The average Bonchev–Trinajstić information content (AvgIpc) is 3.22. The van der Waals surface area contributed by atoms with Crippen molar-refractivity contribution >= 4 is 28.3 Å². The van der Waals surface area contributed by atoms with Crippen molar-refractivity contribution in [2.24, 2.45) is 5.92 Å². The number of amides is 2. The van der Waals surface area contributed by atoms with Gasteiger partial charge >= 0.3 is 0 Å². The fourth-order valence-electron chi connectivity index (χ4n) is 3.42. The Morgan fingerprint density at radius 1 is 1.40 bits per heavy atom. The second-order valence-electron chi connectivity index (χ2n) is 6.31. The van der Waals surface area contributed by atoms with E-state index in [9.17, 15) is 14.4 Å². The predicted molar refractivity (Wildman–Crippen MR) is 91.3 cm³/mol. The van der Waals surface area contributed by atoms with Crippen LogP contribution >= 0.6 is 11.3 Å². The minimum Gasteiger partial charge on any atom is -0.336 e. The van der Waals surface area contributed by atoms with E-state index in [4.69, 9.17) is 0 Å². The fourth-order valence-corrected chi connectivity index (χ4v) is 4.09. The van der Waals surface area contributed by atoms with Gasteiger partial charge in [0.25, 0.3) is 5.56 Å². The van der Waals surface area contributed by atoms with Crippen LogP contribution in [-0.4, -0.2) is 44.8 Å². The Hall–Kier alpha value is -2.55. The summed E-state index contributed by atoms with van der Waals surface area (Å²) in [4.78, 5) is 51.6. The maximum Gasteiger partial charge on any atom is 0.254 e. The lowest BCUT2D eigenvalue weighted by molar-refractivity contribution is -0.136. The molecule has 0 aliphatic carbocycles. The fraction of sp³-hybridized carbons (Fsp3) is 0.438. The highest BCUT2D eigenvalue weighted by Gasteiger charge is 2.39. The molecule has 9 heteroatoms. The van der Waals surface area contributed by atoms with Crippen molar-refractivity contribution in [3.05, 3.63) is 39.0 Å². The van der Waals surface area contributed by atoms with Crippen LogP contribution in [0.2, 0.25) is 0 Å². The number of nitrogens with one attached hydrogen (secondary N) is 1. The standard InChI is InChI=1S/C16H17N5O3S/c1-9-18-12-8-20(4-2-11(12)14(23)19-9)15(24)10-6-13(22)21(7-10)16-17-3-5-25-16/h3,5,10H,2,4,6-8H2,1H3,(H,18,19,23). The average molecular weight is 359 g/mol. The molecular formula is C16H17N5O3S. The predicted octanol–water partition coefficient (Wildman–Crippen LogP) is 0.473. The lowest BCUT2D eigenvalue weighted by atomic mass is 10.0. The normalized spacial score (nSPS) is 20.0. The SMILES string of the molecule is Cc1nc2c(c(=O)[nH]1)CCN(C(=O)C1CC(=O)N(c3nccs3)C1)C2. The Morgan fingerprint density at radius 2 is 2.24 bits per heavy atom. The van der Waals surface area contributed by atoms with Gasteiger partial charge in [0.1, 0.15) is 5.82 Å². The molecule has 2 aliphatic rings. The van der Waals surface area contributed by atoms with Crippen LogP contribution in [0.3, 0.4) is 0 Å². The van der Waals surface area contributed by atoms with E-state index < -0.39 is 0 Å². The Labute approximate surface area is 147 Å². The molecule has 0 radical (unpaired) electrons. The number of rotatable bonds is 2. The van der Waals surface area contributed by atoms with Crippen molar-refractivity contribution in [3.8, 4) is 0 Å². The highest BCUT2D eigenvalue weighted by atomic mass is 32.1. The highest BCUT2D eigenvalue weighted by molar-refractivity contribution is 7.13. The van der Waals surface area contributed by atoms with Gasteiger partial charge in [-0.2, -0.15) is 0 Å². The molecule has 2 amide bonds. The van der Waals surface area contributed by atoms with Crippen LogP contribution in [0.25, 0.3) is 0 Å². The number of nitrogens with zero attached hydrogens (tertiary/aromatic N) is 4. The van der Waals surface area contributed by atoms with E-state index >= 15 is 0 Å². The van der Waals surface area contributed by atoms with Crippen LogP contribution in [-0.2, 0) is 22.6 Å². The summed E-state index contributed by atoms with van der Waals surface area (Å²) >= 11 is 1.39. The van der Waals surface area contributed by atoms with Crippen LogP contribution in [0.1, 0.15) is 23.5 Å². The zero-order chi connectivity index (χ0) is 17.6. The Balaban J connectivity index is 1.51. The number of carbonyl (C=O) groups is 2. The summed E-state index contributed by atoms with van der Waals surface area (Å²) < 4.78 is 0. The number of aromatic nitrogens is 3. The Kier molecular flexibility index (Phi) is 3.87. The second kappa shape index (κ2) is 6.07. The number of aryl methyl sites for hydroxylation is 1. The third-order valence-corrected chi connectivity index (χ3v) is 5.42. The quantitative estimate of drug-likeness (QED) is 0.840. The zero-order valence-electron chi connectivity index (χ0n) is 13.7. The summed E-state index contributed by atoms with van der Waals surface area (Å²) in [5.74, 6) is 0.0407. The molecular weight excluding hydrogens is 342 g/mol. The van der Waals surface area contributed by atoms with E-state index in [0.717, 1.165) is 0 Å². The van der Waals surface area contributed by atoms with Crippen molar-refractivity contribution in [2.45, 2.75) is 26.3 Å². The third kappa shape index (κ3) is 2.84. The highest BCUT2D eigenvalue weighted by Crippen LogP contribution is 2.28. The van der Waals surface area contributed by atoms with E-state index in [1.807, 2.05) is 5.38 Å². The van der Waals surface area contributed by atoms with Gasteiger partial charge in [-0.3, -0.25) is 19.3 Å². The Bertz CT molecular complexity index is 892. The monoisotopic (exact) mass is 359 g/mol. The largest absolute Gasteiger partial charge is 0.336 e. The van der Waals surface area contributed by atoms with Crippen LogP contribution in [0.4, 0.5) is 5.13 Å². The van der Waals surface area contributed by atoms with Gasteiger partial charge in [0.2, 0.25) is 11.8 Å². The number of fused-ring (bicyclic) bond motifs is 1. The van der Waals surface area contributed by atoms with E-state index in [1.165, 1.54) is 11.3 Å². The molecule has 1 unspecified atom stereocenters. The minimum absolute atomic E-state index is 0.0576. The zero-order valence-corrected chi connectivity index (χ0v) is 14.5. The molecule has 0 bridgehead atoms. The lowest BCUT2D eigenvalue weighted by Crippen LogP contribution is -2.42. The molecule has 1 N–H and O–H groups in total. The first-order valence-corrected chi connectivity index (χ1v) is 8.98. The molecule has 25 heavy (non-hydrogen) atoms. The van der Waals surface area contributed by atoms with Crippen molar-refractivity contribution < 1.29 is 9.59 Å². The van der Waals surface area contributed by atoms with Gasteiger partial charge < -0.3 is 9.88 Å². The smallest absolute Gasteiger partial charge is 0.254 e. The molecule has 1 atom stereocenters. The number of hydrogen-bond donors (Lipinski definition) is 1. The summed E-state index contributed by atoms with van der Waals surface area (Å²) in [6.45, 7) is 2.88. The number of anilines is 1. The third-order valence-electron chi connectivity index (χ3n) is 4.63. The molecule has 2 aliphatic heterocycles. The number of carbonyl (C=O) groups excluding carboxylic acids is 2. The molecule has 0 saturated carbocycles. The van der Waals surface area contributed by atoms with E-state index in [2.05, 4.69) is 15.0 Å². The van der Waals surface area contributed by atoms with Gasteiger partial charge in [-0.05, 0) is 13.3 Å². The van der Waals surface area contributed by atoms with Crippen LogP contribution in [0.15, 0.2) is 16.4 Å². The molecule has 1 fully saturated rings. The van der Waals surface area contributed by atoms with Crippen LogP contribution < -0.4 is 10.5 Å². The van der Waals surface area contributed by atoms with Gasteiger partial charge in [0, 0.05) is 36.7 Å². The van der Waals surface area contributed by atoms with Crippen LogP contribution in [0.5, 0.6) is 0 Å². The molecule has 0 spiro atoms. The first-order chi connectivity index (χ1) is 12.0. The number of H-pyrrole nitrogens is 1. The van der Waals surface area contributed by atoms with Crippen LogP contribution in [0, 0.1) is 12.8 Å². The summed E-state index contributed by atoms with van der Waals surface area (Å²) in [7, 11) is 0. The van der Waals surface area contributed by atoms with Gasteiger partial charge in [0.05, 0.1) is 18.2 Å². The first kappa shape index (κ1) is 15.9. The van der Waals surface area contributed by atoms with Gasteiger partial charge in [-0.25, -0.2) is 9.97 Å².